The average molecular weight is 203 g/mol. The van der Waals surface area contributed by atoms with Crippen LogP contribution >= 0.6 is 0 Å². The van der Waals surface area contributed by atoms with E-state index in [1.807, 2.05) is 24.5 Å². The third kappa shape index (κ3) is 2.12. The largest absolute Gasteiger partial charge is 0.381 e. The number of rotatable bonds is 3. The van der Waals surface area contributed by atoms with Crippen LogP contribution in [0, 0.1) is 0 Å². The molecule has 0 bridgehead atoms. The molecule has 2 aliphatic rings. The van der Waals surface area contributed by atoms with Gasteiger partial charge < -0.3 is 5.32 Å². The van der Waals surface area contributed by atoms with Crippen molar-refractivity contribution >= 4 is 5.69 Å². The van der Waals surface area contributed by atoms with Crippen molar-refractivity contribution in [3.63, 3.8) is 0 Å². The van der Waals surface area contributed by atoms with Gasteiger partial charge in [0.1, 0.15) is 0 Å². The highest BCUT2D eigenvalue weighted by Gasteiger charge is 2.34. The molecule has 1 atom stereocenters. The highest BCUT2D eigenvalue weighted by molar-refractivity contribution is 5.42. The molecule has 0 spiro atoms. The van der Waals surface area contributed by atoms with Gasteiger partial charge in [0.05, 0.1) is 0 Å². The van der Waals surface area contributed by atoms with E-state index >= 15 is 0 Å². The van der Waals surface area contributed by atoms with Crippen molar-refractivity contribution in [2.75, 3.05) is 18.4 Å². The van der Waals surface area contributed by atoms with Gasteiger partial charge in [0.15, 0.2) is 0 Å². The number of nitrogens with zero attached hydrogens (tertiary/aromatic N) is 2. The van der Waals surface area contributed by atoms with Crippen LogP contribution < -0.4 is 5.32 Å². The Morgan fingerprint density at radius 2 is 2.00 bits per heavy atom. The standard InChI is InChI=1S/C12H17N3/c1-2-12(1)15-8-5-11(9-15)14-10-3-6-13-7-4-10/h3-4,6-7,11-12H,1-2,5,8-9H2,(H,13,14). The second kappa shape index (κ2) is 3.81. The fraction of sp³-hybridized carbons (Fsp3) is 0.583. The molecule has 3 rings (SSSR count). The molecule has 1 aromatic heterocycles. The summed E-state index contributed by atoms with van der Waals surface area (Å²) in [5, 5.41) is 3.57. The zero-order chi connectivity index (χ0) is 10.1. The van der Waals surface area contributed by atoms with Crippen LogP contribution in [0.2, 0.25) is 0 Å². The minimum atomic E-state index is 0.632. The van der Waals surface area contributed by atoms with Crippen LogP contribution in [0.1, 0.15) is 19.3 Å². The monoisotopic (exact) mass is 203 g/mol. The molecule has 3 heteroatoms. The molecule has 1 aromatic rings. The summed E-state index contributed by atoms with van der Waals surface area (Å²) >= 11 is 0. The van der Waals surface area contributed by atoms with Crippen LogP contribution in [0.4, 0.5) is 5.69 Å². The Balaban J connectivity index is 1.56. The first-order valence-electron chi connectivity index (χ1n) is 5.82. The lowest BCUT2D eigenvalue weighted by molar-refractivity contribution is 0.326. The summed E-state index contributed by atoms with van der Waals surface area (Å²) in [6.07, 6.45) is 7.80. The van der Waals surface area contributed by atoms with Crippen LogP contribution in [0.5, 0.6) is 0 Å². The maximum atomic E-state index is 4.02. The Morgan fingerprint density at radius 3 is 2.73 bits per heavy atom. The van der Waals surface area contributed by atoms with Gasteiger partial charge in [-0.3, -0.25) is 9.88 Å². The minimum Gasteiger partial charge on any atom is -0.381 e. The predicted octanol–water partition coefficient (Wildman–Crippen LogP) is 1.73. The van der Waals surface area contributed by atoms with Gasteiger partial charge in [-0.25, -0.2) is 0 Å². The van der Waals surface area contributed by atoms with Crippen molar-refractivity contribution in [2.24, 2.45) is 0 Å². The van der Waals surface area contributed by atoms with E-state index in [4.69, 9.17) is 0 Å². The van der Waals surface area contributed by atoms with E-state index in [-0.39, 0.29) is 0 Å². The van der Waals surface area contributed by atoms with E-state index in [9.17, 15) is 0 Å². The molecule has 0 aromatic carbocycles. The number of anilines is 1. The average Bonchev–Trinajstić information content (AvgIpc) is 3.02. The Labute approximate surface area is 90.5 Å². The summed E-state index contributed by atoms with van der Waals surface area (Å²) in [7, 11) is 0. The van der Waals surface area contributed by atoms with Crippen LogP contribution in [0.25, 0.3) is 0 Å². The van der Waals surface area contributed by atoms with E-state index in [1.54, 1.807) is 0 Å². The first kappa shape index (κ1) is 9.16. The van der Waals surface area contributed by atoms with Crippen molar-refractivity contribution in [2.45, 2.75) is 31.3 Å². The molecule has 0 radical (unpaired) electrons. The second-order valence-electron chi connectivity index (χ2n) is 4.59. The van der Waals surface area contributed by atoms with Crippen LogP contribution in [-0.2, 0) is 0 Å². The van der Waals surface area contributed by atoms with Crippen molar-refractivity contribution in [1.29, 1.82) is 0 Å². The number of likely N-dealkylation sites (tertiary alicyclic amines) is 1. The smallest absolute Gasteiger partial charge is 0.0400 e. The summed E-state index contributed by atoms with van der Waals surface area (Å²) in [5.41, 5.74) is 1.20. The SMILES string of the molecule is c1cc(NC2CCN(C3CC3)C2)ccn1. The molecule has 1 saturated carbocycles. The van der Waals surface area contributed by atoms with Gasteiger partial charge in [-0.05, 0) is 31.4 Å². The quantitative estimate of drug-likeness (QED) is 0.811. The van der Waals surface area contributed by atoms with Gasteiger partial charge in [0.2, 0.25) is 0 Å². The molecule has 80 valence electrons. The maximum Gasteiger partial charge on any atom is 0.0400 e. The first-order chi connectivity index (χ1) is 7.42. The highest BCUT2D eigenvalue weighted by Crippen LogP contribution is 2.30. The van der Waals surface area contributed by atoms with Crippen LogP contribution in [-0.4, -0.2) is 35.1 Å². The molecule has 1 aliphatic heterocycles. The number of nitrogens with one attached hydrogen (secondary N) is 1. The number of hydrogen-bond donors (Lipinski definition) is 1. The van der Waals surface area contributed by atoms with Crippen molar-refractivity contribution in [1.82, 2.24) is 9.88 Å². The zero-order valence-electron chi connectivity index (χ0n) is 8.89. The third-order valence-electron chi connectivity index (χ3n) is 3.33. The third-order valence-corrected chi connectivity index (χ3v) is 3.33. The zero-order valence-corrected chi connectivity index (χ0v) is 8.89. The summed E-state index contributed by atoms with van der Waals surface area (Å²) in [6, 6.07) is 5.63. The number of aromatic nitrogens is 1. The topological polar surface area (TPSA) is 28.2 Å². The van der Waals surface area contributed by atoms with Crippen molar-refractivity contribution < 1.29 is 0 Å². The number of hydrogen-bond acceptors (Lipinski definition) is 3. The molecule has 2 fully saturated rings. The Morgan fingerprint density at radius 1 is 1.20 bits per heavy atom. The van der Waals surface area contributed by atoms with Gasteiger partial charge in [0.25, 0.3) is 0 Å². The van der Waals surface area contributed by atoms with Crippen LogP contribution in [0.3, 0.4) is 0 Å². The Kier molecular flexibility index (Phi) is 2.33. The molecule has 1 saturated heterocycles. The van der Waals surface area contributed by atoms with E-state index in [2.05, 4.69) is 15.2 Å². The van der Waals surface area contributed by atoms with Gasteiger partial charge in [-0.1, -0.05) is 0 Å². The molecular weight excluding hydrogens is 186 g/mol. The molecule has 1 unspecified atom stereocenters. The highest BCUT2D eigenvalue weighted by atomic mass is 15.2. The van der Waals surface area contributed by atoms with Crippen LogP contribution in [0.15, 0.2) is 24.5 Å². The lowest BCUT2D eigenvalue weighted by Crippen LogP contribution is -2.27. The first-order valence-corrected chi connectivity index (χ1v) is 5.82. The van der Waals surface area contributed by atoms with E-state index in [0.717, 1.165) is 6.04 Å². The van der Waals surface area contributed by atoms with E-state index < -0.39 is 0 Å². The van der Waals surface area contributed by atoms with E-state index in [1.165, 1.54) is 38.0 Å². The fourth-order valence-corrected chi connectivity index (χ4v) is 2.36. The summed E-state index contributed by atoms with van der Waals surface area (Å²) in [5.74, 6) is 0. The van der Waals surface area contributed by atoms with Gasteiger partial charge in [-0.2, -0.15) is 0 Å². The predicted molar refractivity (Wildman–Crippen MR) is 60.9 cm³/mol. The fourth-order valence-electron chi connectivity index (χ4n) is 2.36. The van der Waals surface area contributed by atoms with Crippen molar-refractivity contribution in [3.05, 3.63) is 24.5 Å². The van der Waals surface area contributed by atoms with Gasteiger partial charge in [-0.15, -0.1) is 0 Å². The Hall–Kier alpha value is -1.09. The molecule has 3 nitrogen and oxygen atoms in total. The lowest BCUT2D eigenvalue weighted by Gasteiger charge is -2.16. The molecule has 0 amide bonds. The maximum absolute atomic E-state index is 4.02. The summed E-state index contributed by atoms with van der Waals surface area (Å²) in [4.78, 5) is 6.65. The molecule has 1 aliphatic carbocycles. The second-order valence-corrected chi connectivity index (χ2v) is 4.59. The molecule has 2 heterocycles. The normalized spacial score (nSPS) is 26.8. The minimum absolute atomic E-state index is 0.632. The van der Waals surface area contributed by atoms with Gasteiger partial charge in [0, 0.05) is 43.3 Å². The summed E-state index contributed by atoms with van der Waals surface area (Å²) in [6.45, 7) is 2.49. The van der Waals surface area contributed by atoms with E-state index in [0.29, 0.717) is 6.04 Å². The number of pyridine rings is 1. The molecule has 1 N–H and O–H groups in total. The van der Waals surface area contributed by atoms with Crippen molar-refractivity contribution in [3.8, 4) is 0 Å². The molecule has 15 heavy (non-hydrogen) atoms. The summed E-state index contributed by atoms with van der Waals surface area (Å²) < 4.78 is 0. The van der Waals surface area contributed by atoms with Gasteiger partial charge >= 0.3 is 0 Å². The Bertz CT molecular complexity index is 321. The lowest BCUT2D eigenvalue weighted by atomic mass is 10.2. The molecular formula is C12H17N3.